The summed E-state index contributed by atoms with van der Waals surface area (Å²) in [7, 11) is 1.75. The lowest BCUT2D eigenvalue weighted by Crippen LogP contribution is -2.42. The van der Waals surface area contributed by atoms with Crippen molar-refractivity contribution in [3.8, 4) is 0 Å². The first-order chi connectivity index (χ1) is 12.6. The predicted molar refractivity (Wildman–Crippen MR) is 109 cm³/mol. The Kier molecular flexibility index (Phi) is 7.51. The van der Waals surface area contributed by atoms with Gasteiger partial charge in [-0.05, 0) is 24.0 Å². The van der Waals surface area contributed by atoms with Crippen LogP contribution in [0.15, 0.2) is 29.4 Å². The molecule has 26 heavy (non-hydrogen) atoms. The number of rotatable bonds is 8. The molecule has 0 bridgehead atoms. The summed E-state index contributed by atoms with van der Waals surface area (Å²) in [6, 6.07) is 6.47. The molecule has 2 aromatic rings. The van der Waals surface area contributed by atoms with Crippen LogP contribution in [-0.2, 0) is 17.6 Å². The summed E-state index contributed by atoms with van der Waals surface area (Å²) in [6.07, 6.45) is 4.04. The van der Waals surface area contributed by atoms with Crippen molar-refractivity contribution < 1.29 is 4.79 Å². The number of fused-ring (bicyclic) bond motifs is 1. The molecule has 0 aliphatic carbocycles. The third kappa shape index (κ3) is 5.25. The molecule has 6 heteroatoms. The van der Waals surface area contributed by atoms with Gasteiger partial charge < -0.3 is 20.9 Å². The molecule has 142 valence electrons. The zero-order valence-electron chi connectivity index (χ0n) is 16.3. The summed E-state index contributed by atoms with van der Waals surface area (Å²) in [4.78, 5) is 19.2. The highest BCUT2D eigenvalue weighted by molar-refractivity contribution is 5.86. The molecule has 2 rings (SSSR count). The van der Waals surface area contributed by atoms with Crippen LogP contribution in [0.3, 0.4) is 0 Å². The molecule has 0 spiro atoms. The summed E-state index contributed by atoms with van der Waals surface area (Å²) in [5, 5.41) is 10.7. The van der Waals surface area contributed by atoms with E-state index in [1.165, 1.54) is 22.0 Å². The topological polar surface area (TPSA) is 81.3 Å². The first-order valence-electron chi connectivity index (χ1n) is 9.36. The van der Waals surface area contributed by atoms with Crippen LogP contribution in [0, 0.1) is 5.92 Å². The summed E-state index contributed by atoms with van der Waals surface area (Å²) >= 11 is 0. The molecule has 0 unspecified atom stereocenters. The lowest BCUT2D eigenvalue weighted by Gasteiger charge is -2.13. The Hall–Kier alpha value is -2.50. The van der Waals surface area contributed by atoms with Crippen molar-refractivity contribution in [3.63, 3.8) is 0 Å². The highest BCUT2D eigenvalue weighted by Crippen LogP contribution is 2.22. The van der Waals surface area contributed by atoms with Gasteiger partial charge in [0.1, 0.15) is 0 Å². The Balaban J connectivity index is 1.78. The minimum atomic E-state index is 0.0110. The molecule has 4 N–H and O–H groups in total. The first-order valence-corrected chi connectivity index (χ1v) is 9.36. The second-order valence-corrected chi connectivity index (χ2v) is 6.63. The molecule has 0 atom stereocenters. The summed E-state index contributed by atoms with van der Waals surface area (Å²) in [6.45, 7) is 7.97. The fraction of sp³-hybridized carbons (Fsp3) is 0.500. The molecule has 0 aliphatic heterocycles. The highest BCUT2D eigenvalue weighted by Gasteiger charge is 2.07. The van der Waals surface area contributed by atoms with Crippen molar-refractivity contribution >= 4 is 22.8 Å². The van der Waals surface area contributed by atoms with Gasteiger partial charge in [0, 0.05) is 49.7 Å². The number of aromatic nitrogens is 1. The molecule has 1 amide bonds. The SMILES string of the molecule is CCc1cccc2c(CCNC(=NC)NCCNC(=O)C(C)C)c[nH]c12. The molecule has 0 saturated heterocycles. The monoisotopic (exact) mass is 357 g/mol. The molecule has 0 fully saturated rings. The van der Waals surface area contributed by atoms with E-state index in [4.69, 9.17) is 0 Å². The van der Waals surface area contributed by atoms with Crippen molar-refractivity contribution in [1.29, 1.82) is 0 Å². The summed E-state index contributed by atoms with van der Waals surface area (Å²) < 4.78 is 0. The number of nitrogens with zero attached hydrogens (tertiary/aromatic N) is 1. The van der Waals surface area contributed by atoms with Gasteiger partial charge in [0.15, 0.2) is 5.96 Å². The molecule has 1 heterocycles. The maximum atomic E-state index is 11.5. The maximum Gasteiger partial charge on any atom is 0.222 e. The van der Waals surface area contributed by atoms with Crippen molar-refractivity contribution in [2.24, 2.45) is 10.9 Å². The van der Waals surface area contributed by atoms with Crippen molar-refractivity contribution in [1.82, 2.24) is 20.9 Å². The number of guanidine groups is 1. The second-order valence-electron chi connectivity index (χ2n) is 6.63. The molecule has 0 radical (unpaired) electrons. The van der Waals surface area contributed by atoms with Crippen molar-refractivity contribution in [2.75, 3.05) is 26.7 Å². The van der Waals surface area contributed by atoms with Crippen LogP contribution in [-0.4, -0.2) is 43.5 Å². The molecule has 1 aromatic carbocycles. The van der Waals surface area contributed by atoms with Gasteiger partial charge in [0.2, 0.25) is 5.91 Å². The Morgan fingerprint density at radius 2 is 1.85 bits per heavy atom. The van der Waals surface area contributed by atoms with E-state index in [-0.39, 0.29) is 11.8 Å². The Labute approximate surface area is 155 Å². The normalized spacial score (nSPS) is 11.8. The largest absolute Gasteiger partial charge is 0.361 e. The summed E-state index contributed by atoms with van der Waals surface area (Å²) in [5.74, 6) is 0.829. The van der Waals surface area contributed by atoms with Crippen LogP contribution in [0.4, 0.5) is 0 Å². The quantitative estimate of drug-likeness (QED) is 0.332. The Morgan fingerprint density at radius 3 is 2.54 bits per heavy atom. The number of benzene rings is 1. The number of H-pyrrole nitrogens is 1. The smallest absolute Gasteiger partial charge is 0.222 e. The zero-order chi connectivity index (χ0) is 18.9. The van der Waals surface area contributed by atoms with Gasteiger partial charge in [0.05, 0.1) is 0 Å². The molecule has 6 nitrogen and oxygen atoms in total. The van der Waals surface area contributed by atoms with E-state index in [0.29, 0.717) is 13.1 Å². The van der Waals surface area contributed by atoms with Gasteiger partial charge in [0.25, 0.3) is 0 Å². The van der Waals surface area contributed by atoms with Crippen LogP contribution >= 0.6 is 0 Å². The van der Waals surface area contributed by atoms with Gasteiger partial charge in [-0.2, -0.15) is 0 Å². The van der Waals surface area contributed by atoms with Crippen LogP contribution in [0.5, 0.6) is 0 Å². The average molecular weight is 358 g/mol. The number of nitrogens with one attached hydrogen (secondary N) is 4. The lowest BCUT2D eigenvalue weighted by atomic mass is 10.1. The van der Waals surface area contributed by atoms with Crippen molar-refractivity contribution in [2.45, 2.75) is 33.6 Å². The first kappa shape index (κ1) is 19.8. The fourth-order valence-corrected chi connectivity index (χ4v) is 2.88. The van der Waals surface area contributed by atoms with Gasteiger partial charge in [-0.3, -0.25) is 9.79 Å². The van der Waals surface area contributed by atoms with Crippen molar-refractivity contribution in [3.05, 3.63) is 35.5 Å². The predicted octanol–water partition coefficient (Wildman–Crippen LogP) is 2.21. The number of carbonyl (C=O) groups excluding carboxylic acids is 1. The van der Waals surface area contributed by atoms with E-state index in [1.807, 2.05) is 13.8 Å². The van der Waals surface area contributed by atoms with Crippen LogP contribution in [0.1, 0.15) is 31.9 Å². The van der Waals surface area contributed by atoms with Crippen LogP contribution in [0.2, 0.25) is 0 Å². The standard InChI is InChI=1S/C20H31N5O/c1-5-15-7-6-8-17-16(13-25-18(15)17)9-10-23-20(21-4)24-12-11-22-19(26)14(2)3/h6-8,13-14,25H,5,9-12H2,1-4H3,(H,22,26)(H2,21,23,24). The molecular formula is C20H31N5O. The number of para-hydroxylation sites is 1. The number of aromatic amines is 1. The zero-order valence-corrected chi connectivity index (χ0v) is 16.3. The minimum absolute atomic E-state index is 0.0110. The van der Waals surface area contributed by atoms with E-state index in [9.17, 15) is 4.79 Å². The molecule has 1 aromatic heterocycles. The highest BCUT2D eigenvalue weighted by atomic mass is 16.1. The van der Waals surface area contributed by atoms with Crippen LogP contribution < -0.4 is 16.0 Å². The van der Waals surface area contributed by atoms with Gasteiger partial charge in [-0.15, -0.1) is 0 Å². The lowest BCUT2D eigenvalue weighted by molar-refractivity contribution is -0.123. The fourth-order valence-electron chi connectivity index (χ4n) is 2.88. The molecule has 0 saturated carbocycles. The van der Waals surface area contributed by atoms with E-state index < -0.39 is 0 Å². The molecule has 0 aliphatic rings. The number of aliphatic imine (C=N–C) groups is 1. The average Bonchev–Trinajstić information content (AvgIpc) is 3.06. The second kappa shape index (κ2) is 9.85. The number of hydrogen-bond acceptors (Lipinski definition) is 2. The van der Waals surface area contributed by atoms with Gasteiger partial charge in [-0.1, -0.05) is 39.0 Å². The van der Waals surface area contributed by atoms with E-state index in [2.05, 4.69) is 57.2 Å². The van der Waals surface area contributed by atoms with E-state index in [0.717, 1.165) is 25.3 Å². The van der Waals surface area contributed by atoms with E-state index in [1.54, 1.807) is 7.05 Å². The Bertz CT molecular complexity index is 748. The number of hydrogen-bond donors (Lipinski definition) is 4. The Morgan fingerprint density at radius 1 is 1.12 bits per heavy atom. The summed E-state index contributed by atoms with van der Waals surface area (Å²) in [5.41, 5.74) is 3.90. The molecular weight excluding hydrogens is 326 g/mol. The van der Waals surface area contributed by atoms with E-state index >= 15 is 0 Å². The third-order valence-corrected chi connectivity index (χ3v) is 4.42. The number of amides is 1. The minimum Gasteiger partial charge on any atom is -0.361 e. The maximum absolute atomic E-state index is 11.5. The number of carbonyl (C=O) groups is 1. The third-order valence-electron chi connectivity index (χ3n) is 4.42. The van der Waals surface area contributed by atoms with Gasteiger partial charge in [-0.25, -0.2) is 0 Å². The van der Waals surface area contributed by atoms with Crippen LogP contribution in [0.25, 0.3) is 10.9 Å². The number of aryl methyl sites for hydroxylation is 1. The van der Waals surface area contributed by atoms with Gasteiger partial charge >= 0.3 is 0 Å².